The van der Waals surface area contributed by atoms with Crippen molar-refractivity contribution in [3.05, 3.63) is 24.1 Å². The number of nitrogens with one attached hydrogen (secondary N) is 3. The van der Waals surface area contributed by atoms with Crippen LogP contribution in [-0.2, 0) is 4.79 Å². The molecule has 0 aliphatic carbocycles. The molecule has 0 bridgehead atoms. The number of pyridine rings is 1. The number of hydrogen-bond donors (Lipinski definition) is 3. The van der Waals surface area contributed by atoms with Crippen LogP contribution in [0.25, 0.3) is 0 Å². The number of carbonyl (C=O) groups excluding carboxylic acids is 1. The van der Waals surface area contributed by atoms with Gasteiger partial charge in [0, 0.05) is 51.9 Å². The fraction of sp³-hybridized carbons (Fsp3) is 0.588. The van der Waals surface area contributed by atoms with Gasteiger partial charge in [-0.05, 0) is 25.0 Å². The van der Waals surface area contributed by atoms with Crippen molar-refractivity contribution in [3.8, 4) is 0 Å². The van der Waals surface area contributed by atoms with Crippen LogP contribution in [0.3, 0.4) is 0 Å². The largest absolute Gasteiger partial charge is 0.356 e. The number of nitrogens with zero attached hydrogens (tertiary/aromatic N) is 3. The summed E-state index contributed by atoms with van der Waals surface area (Å²) in [4.78, 5) is 21.8. The third kappa shape index (κ3) is 6.93. The number of amides is 1. The van der Waals surface area contributed by atoms with E-state index in [-0.39, 0.29) is 41.7 Å². The molecule has 146 valence electrons. The molecule has 7 nitrogen and oxygen atoms in total. The molecule has 2 rings (SSSR count). The summed E-state index contributed by atoms with van der Waals surface area (Å²) in [6.07, 6.45) is 3.80. The average Bonchev–Trinajstić information content (AvgIpc) is 3.07. The Kier molecular flexibility index (Phi) is 10.2. The van der Waals surface area contributed by atoms with Gasteiger partial charge in [-0.3, -0.25) is 9.79 Å². The summed E-state index contributed by atoms with van der Waals surface area (Å²) < 4.78 is 13.8. The van der Waals surface area contributed by atoms with Gasteiger partial charge in [0.2, 0.25) is 5.91 Å². The molecule has 0 radical (unpaired) electrons. The normalized spacial score (nSPS) is 16.8. The monoisotopic (exact) mass is 478 g/mol. The van der Waals surface area contributed by atoms with Gasteiger partial charge in [0.1, 0.15) is 0 Å². The van der Waals surface area contributed by atoms with E-state index in [0.717, 1.165) is 19.4 Å². The van der Waals surface area contributed by atoms with Gasteiger partial charge >= 0.3 is 0 Å². The molecule has 3 N–H and O–H groups in total. The first-order valence-corrected chi connectivity index (χ1v) is 8.73. The summed E-state index contributed by atoms with van der Waals surface area (Å²) in [5.41, 5.74) is 0. The first-order chi connectivity index (χ1) is 12.1. The van der Waals surface area contributed by atoms with Crippen LogP contribution in [0, 0.1) is 5.82 Å². The maximum atomic E-state index is 13.8. The molecule has 1 fully saturated rings. The zero-order valence-electron chi connectivity index (χ0n) is 15.3. The summed E-state index contributed by atoms with van der Waals surface area (Å²) in [5.74, 6) is 0.769. The number of aromatic nitrogens is 1. The number of carbonyl (C=O) groups is 1. The van der Waals surface area contributed by atoms with Crippen molar-refractivity contribution in [3.63, 3.8) is 0 Å². The maximum absolute atomic E-state index is 13.8. The van der Waals surface area contributed by atoms with Crippen LogP contribution in [0.4, 0.5) is 10.2 Å². The Morgan fingerprint density at radius 2 is 2.23 bits per heavy atom. The number of rotatable bonds is 7. The highest BCUT2D eigenvalue weighted by atomic mass is 127. The molecule has 1 unspecified atom stereocenters. The summed E-state index contributed by atoms with van der Waals surface area (Å²) >= 11 is 0. The van der Waals surface area contributed by atoms with Gasteiger partial charge in [-0.15, -0.1) is 24.0 Å². The van der Waals surface area contributed by atoms with Crippen molar-refractivity contribution in [2.45, 2.75) is 32.2 Å². The van der Waals surface area contributed by atoms with Crippen molar-refractivity contribution >= 4 is 41.7 Å². The molecule has 1 saturated heterocycles. The molecule has 1 aliphatic rings. The number of hydrogen-bond acceptors (Lipinski definition) is 4. The standard InChI is InChI=1S/C17H27FN6O.HI/c1-3-8-20-15(25)6-10-22-17(19-2)23-13-7-11-24(12-13)16-14(18)5-4-9-21-16;/h4-5,9,13H,3,6-8,10-12H2,1-2H3,(H,20,25)(H2,19,22,23);1H. The number of anilines is 1. The van der Waals surface area contributed by atoms with Crippen molar-refractivity contribution in [2.75, 3.05) is 38.1 Å². The predicted molar refractivity (Wildman–Crippen MR) is 113 cm³/mol. The van der Waals surface area contributed by atoms with Crippen molar-refractivity contribution in [1.29, 1.82) is 0 Å². The van der Waals surface area contributed by atoms with E-state index in [4.69, 9.17) is 0 Å². The topological polar surface area (TPSA) is 81.6 Å². The Morgan fingerprint density at radius 3 is 2.92 bits per heavy atom. The molecule has 2 heterocycles. The summed E-state index contributed by atoms with van der Waals surface area (Å²) in [7, 11) is 1.69. The second-order valence-corrected chi connectivity index (χ2v) is 5.98. The molecular weight excluding hydrogens is 450 g/mol. The molecule has 0 spiro atoms. The van der Waals surface area contributed by atoms with Crippen LogP contribution in [-0.4, -0.2) is 56.1 Å². The zero-order chi connectivity index (χ0) is 18.1. The van der Waals surface area contributed by atoms with Gasteiger partial charge in [-0.25, -0.2) is 9.37 Å². The van der Waals surface area contributed by atoms with Gasteiger partial charge in [0.25, 0.3) is 0 Å². The summed E-state index contributed by atoms with van der Waals surface area (Å²) in [6.45, 7) is 4.63. The van der Waals surface area contributed by atoms with Crippen LogP contribution in [0.15, 0.2) is 23.3 Å². The quantitative estimate of drug-likeness (QED) is 0.315. The molecule has 0 saturated carbocycles. The molecule has 1 aromatic rings. The molecule has 26 heavy (non-hydrogen) atoms. The van der Waals surface area contributed by atoms with Crippen molar-refractivity contribution in [2.24, 2.45) is 4.99 Å². The smallest absolute Gasteiger partial charge is 0.221 e. The lowest BCUT2D eigenvalue weighted by atomic mass is 10.3. The van der Waals surface area contributed by atoms with Gasteiger partial charge in [-0.2, -0.15) is 0 Å². The van der Waals surface area contributed by atoms with Crippen LogP contribution < -0.4 is 20.9 Å². The highest BCUT2D eigenvalue weighted by Gasteiger charge is 2.25. The van der Waals surface area contributed by atoms with Gasteiger partial charge in [0.15, 0.2) is 17.6 Å². The van der Waals surface area contributed by atoms with E-state index < -0.39 is 0 Å². The minimum absolute atomic E-state index is 0. The van der Waals surface area contributed by atoms with Crippen LogP contribution in [0.1, 0.15) is 26.2 Å². The van der Waals surface area contributed by atoms with E-state index in [1.54, 1.807) is 19.3 Å². The third-order valence-electron chi connectivity index (χ3n) is 4.01. The lowest BCUT2D eigenvalue weighted by molar-refractivity contribution is -0.120. The fourth-order valence-electron chi connectivity index (χ4n) is 2.72. The molecule has 0 aromatic carbocycles. The highest BCUT2D eigenvalue weighted by Crippen LogP contribution is 2.20. The lowest BCUT2D eigenvalue weighted by Gasteiger charge is -2.19. The zero-order valence-corrected chi connectivity index (χ0v) is 17.6. The second-order valence-electron chi connectivity index (χ2n) is 5.98. The number of aliphatic imine (C=N–C) groups is 1. The van der Waals surface area contributed by atoms with Crippen LogP contribution >= 0.6 is 24.0 Å². The third-order valence-corrected chi connectivity index (χ3v) is 4.01. The molecule has 1 atom stereocenters. The summed E-state index contributed by atoms with van der Waals surface area (Å²) in [6, 6.07) is 3.17. The minimum Gasteiger partial charge on any atom is -0.356 e. The Morgan fingerprint density at radius 1 is 1.42 bits per heavy atom. The predicted octanol–water partition coefficient (Wildman–Crippen LogP) is 1.50. The number of guanidine groups is 1. The Labute approximate surface area is 171 Å². The van der Waals surface area contributed by atoms with E-state index in [2.05, 4.69) is 25.9 Å². The fourth-order valence-corrected chi connectivity index (χ4v) is 2.72. The van der Waals surface area contributed by atoms with Crippen molar-refractivity contribution < 1.29 is 9.18 Å². The molecule has 1 amide bonds. The second kappa shape index (κ2) is 11.9. The first-order valence-electron chi connectivity index (χ1n) is 8.73. The molecular formula is C17H28FIN6O. The maximum Gasteiger partial charge on any atom is 0.221 e. The SMILES string of the molecule is CCCNC(=O)CCNC(=NC)NC1CCN(c2ncccc2F)C1.I. The van der Waals surface area contributed by atoms with Crippen molar-refractivity contribution in [1.82, 2.24) is 20.9 Å². The van der Waals surface area contributed by atoms with Crippen LogP contribution in [0.5, 0.6) is 0 Å². The first kappa shape index (κ1) is 22.4. The van der Waals surface area contributed by atoms with Gasteiger partial charge < -0.3 is 20.9 Å². The Hall–Kier alpha value is -1.65. The van der Waals surface area contributed by atoms with Gasteiger partial charge in [0.05, 0.1) is 0 Å². The molecule has 1 aromatic heterocycles. The van der Waals surface area contributed by atoms with E-state index in [9.17, 15) is 9.18 Å². The van der Waals surface area contributed by atoms with Gasteiger partial charge in [-0.1, -0.05) is 6.92 Å². The Bertz CT molecular complexity index is 600. The lowest BCUT2D eigenvalue weighted by Crippen LogP contribution is -2.45. The minimum atomic E-state index is -0.302. The Balaban J connectivity index is 0.00000338. The molecule has 9 heteroatoms. The van der Waals surface area contributed by atoms with E-state index in [0.29, 0.717) is 37.8 Å². The number of halogens is 2. The van der Waals surface area contributed by atoms with E-state index >= 15 is 0 Å². The average molecular weight is 478 g/mol. The molecule has 1 aliphatic heterocycles. The highest BCUT2D eigenvalue weighted by molar-refractivity contribution is 14.0. The van der Waals surface area contributed by atoms with Crippen LogP contribution in [0.2, 0.25) is 0 Å². The van der Waals surface area contributed by atoms with E-state index in [1.807, 2.05) is 11.8 Å². The summed E-state index contributed by atoms with van der Waals surface area (Å²) in [5, 5.41) is 9.29. The van der Waals surface area contributed by atoms with E-state index in [1.165, 1.54) is 6.07 Å².